The number of hydrogen-bond donors (Lipinski definition) is 16. The van der Waals surface area contributed by atoms with Crippen LogP contribution in [0, 0.1) is 29.4 Å². The number of aliphatic carboxylic acids is 1. The van der Waals surface area contributed by atoms with Crippen molar-refractivity contribution in [1.82, 2.24) is 58.2 Å². The van der Waals surface area contributed by atoms with Crippen LogP contribution in [-0.4, -0.2) is 181 Å². The van der Waals surface area contributed by atoms with Gasteiger partial charge in [0, 0.05) is 61.7 Å². The number of carboxylic acid groups (broad SMARTS) is 1. The summed E-state index contributed by atoms with van der Waals surface area (Å²) in [6.45, 7) is 10.2. The van der Waals surface area contributed by atoms with E-state index in [1.165, 1.54) is 71.9 Å². The second-order valence-electron chi connectivity index (χ2n) is 29.7. The maximum absolute atomic E-state index is 15.2. The molecular formula is C79H109F2N13O18. The number of allylic oxidation sites excluding steroid dienone is 2. The molecule has 33 heteroatoms. The molecule has 2 heterocycles. The van der Waals surface area contributed by atoms with Crippen molar-refractivity contribution in [2.45, 2.75) is 237 Å². The third kappa shape index (κ3) is 29.4. The standard InChI is InChI=1S/C79H109F2N13O18/c1-44(2)22-26-51-41-85-59(30-32-64(82)98)67(102)66(101)46(4)86-73(108)62(40-53-42-84-58-21-17-16-20-55(53)58)90-74(109)61(39-49-23-27-54(97)28-24-49)89-72(107)60(31-33-65(99)100)91-76(111)78(7,94-71(106)52(36-45(3)96)37-50-25-29-56(80)57(81)38-50)34-18-14-12-10-9-11-13-15-19-35-79(8,93-70(51)105)77(112)92-63(43-95)75(110)88-48(6)69(104)87-47(5)68(83)103/h11,13,16-17,20-21,23-25,27-29,38,42,44,46-48,51-52,59-63,84-85,95,97H,9-10,12,14-15,18-19,22,26,30-37,39-41,43H2,1-8H3,(H2,82,98)(H2,83,103)(H,86,108)(H,87,104)(H,88,110)(H,89,107)(H,90,109)(H,91,111)(H,92,112)(H,93,105)(H,94,106)(H,99,100)/b13-11+/t46?,47?,48-,51+,52-,59-,60-,61?,62-,63?,78+,79-/m0/s1. The van der Waals surface area contributed by atoms with E-state index in [-0.39, 0.29) is 75.1 Å². The normalized spacial score (nSPS) is 22.9. The first-order valence-electron chi connectivity index (χ1n) is 37.7. The molecule has 0 bridgehead atoms. The van der Waals surface area contributed by atoms with Gasteiger partial charge in [-0.1, -0.05) is 88.1 Å². The number of carbonyl (C=O) groups excluding carboxylic acids is 14. The van der Waals surface area contributed by atoms with Crippen LogP contribution in [-0.2, 0) is 91.2 Å². The highest BCUT2D eigenvalue weighted by molar-refractivity contribution is 6.41. The Hall–Kier alpha value is -10.8. The van der Waals surface area contributed by atoms with Gasteiger partial charge in [-0.3, -0.25) is 67.1 Å². The SMILES string of the molecule is CC(=O)C[C@@H](Cc1ccc(F)c(F)c1)C(=O)N[C@]1(C)CCCCCC/C=C/CCC[C@@](C)(C(=O)NC(CO)C(=O)N[C@@H](C)C(=O)NC(C)C(N)=O)NC(=O)[C@H](CCC(C)C)CN[C@@H](CCC(N)=O)C(=O)C(=O)C(C)NC(=O)[C@H](Cc2c[nH]c3ccccc23)NC(=O)C(Cc2ccc(O)cc2)NC(=O)[C@H](CCC(=O)O)NC1=O. The summed E-state index contributed by atoms with van der Waals surface area (Å²) >= 11 is 0. The van der Waals surface area contributed by atoms with Gasteiger partial charge in [-0.05, 0) is 159 Å². The number of aromatic hydroxyl groups is 1. The van der Waals surface area contributed by atoms with E-state index in [9.17, 15) is 86.4 Å². The largest absolute Gasteiger partial charge is 0.508 e. The number of Topliss-reactive ketones (excluding diaryl/α,β-unsaturated/α-hetero) is 3. The van der Waals surface area contributed by atoms with Crippen molar-refractivity contribution in [2.75, 3.05) is 13.2 Å². The summed E-state index contributed by atoms with van der Waals surface area (Å²) in [5.41, 5.74) is 8.58. The number of aliphatic hydroxyl groups excluding tert-OH is 1. The van der Waals surface area contributed by atoms with Crippen molar-refractivity contribution in [3.05, 3.63) is 113 Å². The fourth-order valence-corrected chi connectivity index (χ4v) is 12.7. The molecule has 1 aliphatic heterocycles. The van der Waals surface area contributed by atoms with Gasteiger partial charge in [-0.2, -0.15) is 0 Å². The van der Waals surface area contributed by atoms with Gasteiger partial charge in [0.1, 0.15) is 58.9 Å². The Bertz CT molecular complexity index is 4040. The lowest BCUT2D eigenvalue weighted by Gasteiger charge is -2.33. The Morgan fingerprint density at radius 2 is 1.26 bits per heavy atom. The quantitative estimate of drug-likeness (QED) is 0.0301. The minimum atomic E-state index is -1.97. The predicted octanol–water partition coefficient (Wildman–Crippen LogP) is 2.82. The number of aromatic nitrogens is 1. The number of fused-ring (bicyclic) bond motifs is 1. The first-order chi connectivity index (χ1) is 52.8. The number of nitrogens with two attached hydrogens (primary N) is 2. The molecule has 112 heavy (non-hydrogen) atoms. The maximum Gasteiger partial charge on any atom is 0.303 e. The van der Waals surface area contributed by atoms with Crippen molar-refractivity contribution in [1.29, 1.82) is 0 Å². The van der Waals surface area contributed by atoms with Crippen molar-refractivity contribution in [2.24, 2.45) is 29.2 Å². The molecule has 11 amide bonds. The predicted molar refractivity (Wildman–Crippen MR) is 408 cm³/mol. The van der Waals surface area contributed by atoms with Gasteiger partial charge in [-0.15, -0.1) is 0 Å². The lowest BCUT2D eigenvalue weighted by Crippen LogP contribution is -2.63. The second-order valence-corrected chi connectivity index (χ2v) is 29.7. The molecule has 0 aliphatic carbocycles. The zero-order valence-electron chi connectivity index (χ0n) is 64.7. The van der Waals surface area contributed by atoms with Crippen LogP contribution >= 0.6 is 0 Å². The Labute approximate surface area is 649 Å². The summed E-state index contributed by atoms with van der Waals surface area (Å²) in [5.74, 6) is -19.5. The molecule has 0 fully saturated rings. The summed E-state index contributed by atoms with van der Waals surface area (Å²) in [7, 11) is 0. The summed E-state index contributed by atoms with van der Waals surface area (Å²) in [4.78, 5) is 212. The maximum atomic E-state index is 15.2. The van der Waals surface area contributed by atoms with Crippen molar-refractivity contribution in [3.63, 3.8) is 0 Å². The molecule has 3 aromatic carbocycles. The third-order valence-electron chi connectivity index (χ3n) is 19.6. The summed E-state index contributed by atoms with van der Waals surface area (Å²) in [6.07, 6.45) is 4.82. The molecule has 0 saturated carbocycles. The number of aliphatic hydroxyl groups is 1. The number of amides is 11. The zero-order chi connectivity index (χ0) is 83.2. The number of phenolic OH excluding ortho intramolecular Hbond substituents is 1. The lowest BCUT2D eigenvalue weighted by atomic mass is 9.88. The second kappa shape index (κ2) is 44.3. The van der Waals surface area contributed by atoms with E-state index in [2.05, 4.69) is 58.2 Å². The molecule has 18 N–H and O–H groups in total. The molecule has 31 nitrogen and oxygen atoms in total. The number of hydrogen-bond acceptors (Lipinski definition) is 18. The van der Waals surface area contributed by atoms with Crippen molar-refractivity contribution in [3.8, 4) is 5.75 Å². The Balaban J connectivity index is 1.62. The molecule has 12 atom stereocenters. The molecule has 1 aromatic heterocycles. The number of benzene rings is 3. The van der Waals surface area contributed by atoms with Crippen LogP contribution < -0.4 is 64.6 Å². The lowest BCUT2D eigenvalue weighted by molar-refractivity contribution is -0.140. The number of nitrogens with one attached hydrogen (secondary N) is 11. The molecule has 0 spiro atoms. The first-order valence-corrected chi connectivity index (χ1v) is 37.7. The van der Waals surface area contributed by atoms with Gasteiger partial charge in [-0.25, -0.2) is 8.78 Å². The molecule has 4 unspecified atom stereocenters. The van der Waals surface area contributed by atoms with Crippen molar-refractivity contribution < 1.29 is 96.0 Å². The van der Waals surface area contributed by atoms with E-state index >= 15 is 9.59 Å². The number of primary amides is 2. The fraction of sp³-hybridized carbons (Fsp3) is 0.532. The molecule has 0 radical (unpaired) electrons. The van der Waals surface area contributed by atoms with Gasteiger partial charge in [0.25, 0.3) is 0 Å². The number of carbonyl (C=O) groups is 15. The monoisotopic (exact) mass is 1570 g/mol. The van der Waals surface area contributed by atoms with Crippen LogP contribution in [0.5, 0.6) is 5.75 Å². The van der Waals surface area contributed by atoms with E-state index < -0.39 is 210 Å². The van der Waals surface area contributed by atoms with Gasteiger partial charge < -0.3 is 89.7 Å². The zero-order valence-corrected chi connectivity index (χ0v) is 64.7. The highest BCUT2D eigenvalue weighted by atomic mass is 19.2. The Morgan fingerprint density at radius 3 is 1.89 bits per heavy atom. The van der Waals surface area contributed by atoms with Gasteiger partial charge in [0.15, 0.2) is 11.6 Å². The third-order valence-corrected chi connectivity index (χ3v) is 19.6. The molecular weight excluding hydrogens is 1460 g/mol. The van der Waals surface area contributed by atoms with Crippen LogP contribution in [0.3, 0.4) is 0 Å². The highest BCUT2D eigenvalue weighted by Gasteiger charge is 2.42. The Morgan fingerprint density at radius 1 is 0.643 bits per heavy atom. The molecule has 612 valence electrons. The van der Waals surface area contributed by atoms with E-state index in [1.54, 1.807) is 30.5 Å². The molecule has 4 aromatic rings. The van der Waals surface area contributed by atoms with E-state index in [0.717, 1.165) is 12.1 Å². The van der Waals surface area contributed by atoms with Gasteiger partial charge >= 0.3 is 5.97 Å². The summed E-state index contributed by atoms with van der Waals surface area (Å²) in [5, 5.41) is 57.6. The topological polar surface area (TPSA) is 505 Å². The van der Waals surface area contributed by atoms with E-state index in [1.807, 2.05) is 26.0 Å². The van der Waals surface area contributed by atoms with Crippen LogP contribution in [0.2, 0.25) is 0 Å². The summed E-state index contributed by atoms with van der Waals surface area (Å²) in [6, 6.07) is 2.84. The smallest absolute Gasteiger partial charge is 0.303 e. The number of aromatic amines is 1. The number of para-hydroxylation sites is 1. The molecule has 5 rings (SSSR count). The number of phenols is 1. The number of halogens is 2. The number of rotatable bonds is 27. The number of ketones is 3. The minimum absolute atomic E-state index is 0.0111. The molecule has 0 saturated heterocycles. The summed E-state index contributed by atoms with van der Waals surface area (Å²) < 4.78 is 28.7. The number of H-pyrrole nitrogens is 1. The average Bonchev–Trinajstić information content (AvgIpc) is 1.32. The average molecular weight is 1570 g/mol. The fourth-order valence-electron chi connectivity index (χ4n) is 12.7. The van der Waals surface area contributed by atoms with E-state index in [4.69, 9.17) is 11.5 Å². The van der Waals surface area contributed by atoms with E-state index in [0.29, 0.717) is 60.6 Å². The minimum Gasteiger partial charge on any atom is -0.508 e. The van der Waals surface area contributed by atoms with Gasteiger partial charge in [0.2, 0.25) is 76.5 Å². The van der Waals surface area contributed by atoms with Crippen molar-refractivity contribution >= 4 is 99.2 Å². The highest BCUT2D eigenvalue weighted by Crippen LogP contribution is 2.26. The first kappa shape index (κ1) is 91.8. The van der Waals surface area contributed by atoms with Crippen LogP contribution in [0.1, 0.15) is 175 Å². The Kier molecular flexibility index (Phi) is 36.3. The van der Waals surface area contributed by atoms with Crippen LogP contribution in [0.15, 0.2) is 85.1 Å². The van der Waals surface area contributed by atoms with Crippen LogP contribution in [0.4, 0.5) is 8.78 Å². The molecule has 1 aliphatic rings. The number of carboxylic acids is 1. The van der Waals surface area contributed by atoms with Crippen LogP contribution in [0.25, 0.3) is 10.9 Å². The van der Waals surface area contributed by atoms with Gasteiger partial charge in [0.05, 0.1) is 24.6 Å².